The van der Waals surface area contributed by atoms with Crippen molar-refractivity contribution >= 4 is 11.6 Å². The summed E-state index contributed by atoms with van der Waals surface area (Å²) in [6, 6.07) is 15.6. The van der Waals surface area contributed by atoms with Crippen LogP contribution in [-0.4, -0.2) is 12.6 Å². The maximum Gasteiger partial charge on any atom is 0.145 e. The Morgan fingerprint density at radius 1 is 1.05 bits per heavy atom. The molecule has 1 nitrogen and oxygen atoms in total. The van der Waals surface area contributed by atoms with Crippen LogP contribution in [0.2, 0.25) is 5.02 Å². The molecule has 0 saturated heterocycles. The van der Waals surface area contributed by atoms with E-state index < -0.39 is 0 Å². The molecule has 1 N–H and O–H groups in total. The van der Waals surface area contributed by atoms with Crippen molar-refractivity contribution < 1.29 is 4.39 Å². The second-order valence-corrected chi connectivity index (χ2v) is 5.27. The van der Waals surface area contributed by atoms with E-state index in [9.17, 15) is 4.39 Å². The van der Waals surface area contributed by atoms with E-state index in [0.29, 0.717) is 12.0 Å². The maximum atomic E-state index is 14.0. The van der Waals surface area contributed by atoms with Crippen molar-refractivity contribution in [2.45, 2.75) is 25.8 Å². The second kappa shape index (κ2) is 7.41. The molecule has 0 radical (unpaired) electrons. The highest BCUT2D eigenvalue weighted by atomic mass is 35.5. The van der Waals surface area contributed by atoms with Gasteiger partial charge in [-0.15, -0.1) is 0 Å². The zero-order valence-electron chi connectivity index (χ0n) is 11.6. The topological polar surface area (TPSA) is 12.0 Å². The Morgan fingerprint density at radius 3 is 2.50 bits per heavy atom. The number of likely N-dealkylation sites (N-methyl/N-ethyl adjacent to an activating group) is 1. The van der Waals surface area contributed by atoms with Crippen LogP contribution in [0.5, 0.6) is 0 Å². The Balaban J connectivity index is 2.11. The molecule has 0 aliphatic heterocycles. The van der Waals surface area contributed by atoms with Gasteiger partial charge in [0.05, 0.1) is 5.02 Å². The van der Waals surface area contributed by atoms with Crippen LogP contribution < -0.4 is 5.32 Å². The molecule has 0 fully saturated rings. The zero-order valence-corrected chi connectivity index (χ0v) is 12.3. The molecule has 0 amide bonds. The van der Waals surface area contributed by atoms with E-state index in [1.807, 2.05) is 18.2 Å². The van der Waals surface area contributed by atoms with Gasteiger partial charge in [0.25, 0.3) is 0 Å². The molecule has 2 aromatic rings. The summed E-state index contributed by atoms with van der Waals surface area (Å²) in [5, 5.41) is 3.61. The molecule has 0 aliphatic rings. The quantitative estimate of drug-likeness (QED) is 0.839. The Kier molecular flexibility index (Phi) is 5.57. The van der Waals surface area contributed by atoms with Crippen LogP contribution in [-0.2, 0) is 12.8 Å². The zero-order chi connectivity index (χ0) is 14.4. The monoisotopic (exact) mass is 291 g/mol. The van der Waals surface area contributed by atoms with Crippen LogP contribution in [0.1, 0.15) is 18.1 Å². The molecule has 0 aliphatic carbocycles. The van der Waals surface area contributed by atoms with Crippen LogP contribution in [0.3, 0.4) is 0 Å². The minimum Gasteiger partial charge on any atom is -0.314 e. The summed E-state index contributed by atoms with van der Waals surface area (Å²) in [5.74, 6) is -0.301. The first-order valence-corrected chi connectivity index (χ1v) is 7.28. The van der Waals surface area contributed by atoms with E-state index in [1.165, 1.54) is 5.56 Å². The highest BCUT2D eigenvalue weighted by Crippen LogP contribution is 2.20. The lowest BCUT2D eigenvalue weighted by Gasteiger charge is -2.18. The number of halogens is 2. The van der Waals surface area contributed by atoms with Crippen LogP contribution in [0.15, 0.2) is 48.5 Å². The average molecular weight is 292 g/mol. The van der Waals surface area contributed by atoms with Crippen LogP contribution in [0, 0.1) is 5.82 Å². The van der Waals surface area contributed by atoms with Crippen molar-refractivity contribution in [2.24, 2.45) is 0 Å². The van der Waals surface area contributed by atoms with Crippen molar-refractivity contribution in [3.8, 4) is 0 Å². The first-order chi connectivity index (χ1) is 9.70. The molecule has 1 atom stereocenters. The molecule has 0 aromatic heterocycles. The Labute approximate surface area is 124 Å². The van der Waals surface area contributed by atoms with Gasteiger partial charge in [0, 0.05) is 6.04 Å². The fourth-order valence-electron chi connectivity index (χ4n) is 2.38. The molecule has 0 bridgehead atoms. The number of benzene rings is 2. The molecule has 106 valence electrons. The van der Waals surface area contributed by atoms with Gasteiger partial charge in [-0.2, -0.15) is 0 Å². The molecule has 2 aromatic carbocycles. The van der Waals surface area contributed by atoms with E-state index >= 15 is 0 Å². The normalized spacial score (nSPS) is 12.3. The lowest BCUT2D eigenvalue weighted by atomic mass is 9.98. The van der Waals surface area contributed by atoms with E-state index in [1.54, 1.807) is 18.2 Å². The van der Waals surface area contributed by atoms with Gasteiger partial charge in [-0.25, -0.2) is 4.39 Å². The van der Waals surface area contributed by atoms with Gasteiger partial charge in [-0.1, -0.05) is 61.0 Å². The number of nitrogens with one attached hydrogen (secondary N) is 1. The lowest BCUT2D eigenvalue weighted by Crippen LogP contribution is -2.33. The summed E-state index contributed by atoms with van der Waals surface area (Å²) in [6.45, 7) is 2.92. The number of rotatable bonds is 6. The fraction of sp³-hybridized carbons (Fsp3) is 0.294. The second-order valence-electron chi connectivity index (χ2n) is 4.86. The van der Waals surface area contributed by atoms with Crippen LogP contribution in [0.25, 0.3) is 0 Å². The van der Waals surface area contributed by atoms with E-state index in [-0.39, 0.29) is 16.9 Å². The van der Waals surface area contributed by atoms with Crippen molar-refractivity contribution in [1.82, 2.24) is 5.32 Å². The Bertz CT molecular complexity index is 542. The van der Waals surface area contributed by atoms with Crippen molar-refractivity contribution in [1.29, 1.82) is 0 Å². The maximum absolute atomic E-state index is 14.0. The summed E-state index contributed by atoms with van der Waals surface area (Å²) >= 11 is 5.84. The molecule has 3 heteroatoms. The third-order valence-corrected chi connectivity index (χ3v) is 3.61. The first-order valence-electron chi connectivity index (χ1n) is 6.91. The number of hydrogen-bond donors (Lipinski definition) is 1. The summed E-state index contributed by atoms with van der Waals surface area (Å²) < 4.78 is 14.0. The summed E-state index contributed by atoms with van der Waals surface area (Å²) in [4.78, 5) is 0. The third kappa shape index (κ3) is 4.06. The summed E-state index contributed by atoms with van der Waals surface area (Å²) in [5.41, 5.74) is 1.92. The minimum absolute atomic E-state index is 0.192. The van der Waals surface area contributed by atoms with Crippen molar-refractivity contribution in [3.05, 3.63) is 70.5 Å². The lowest BCUT2D eigenvalue weighted by molar-refractivity contribution is 0.506. The molecular formula is C17H19ClFN. The largest absolute Gasteiger partial charge is 0.314 e. The molecule has 1 unspecified atom stereocenters. The summed E-state index contributed by atoms with van der Waals surface area (Å²) in [7, 11) is 0. The molecule has 20 heavy (non-hydrogen) atoms. The van der Waals surface area contributed by atoms with Crippen molar-refractivity contribution in [2.75, 3.05) is 6.54 Å². The van der Waals surface area contributed by atoms with E-state index in [0.717, 1.165) is 13.0 Å². The summed E-state index contributed by atoms with van der Waals surface area (Å²) in [6.07, 6.45) is 1.51. The molecule has 0 saturated carbocycles. The Morgan fingerprint density at radius 2 is 1.80 bits per heavy atom. The predicted octanol–water partition coefficient (Wildman–Crippen LogP) is 4.24. The van der Waals surface area contributed by atoms with Gasteiger partial charge in [0.15, 0.2) is 0 Å². The average Bonchev–Trinajstić information content (AvgIpc) is 2.45. The SMILES string of the molecule is CCNC(Cc1ccccc1)Cc1cccc(Cl)c1F. The molecule has 2 rings (SSSR count). The standard InChI is InChI=1S/C17H19ClFN/c1-2-20-15(11-13-7-4-3-5-8-13)12-14-9-6-10-16(18)17(14)19/h3-10,15,20H,2,11-12H2,1H3. The Hall–Kier alpha value is -1.38. The molecule has 0 heterocycles. The highest BCUT2D eigenvalue weighted by molar-refractivity contribution is 6.30. The van der Waals surface area contributed by atoms with Gasteiger partial charge < -0.3 is 5.32 Å². The van der Waals surface area contributed by atoms with Gasteiger partial charge in [-0.05, 0) is 36.6 Å². The number of hydrogen-bond acceptors (Lipinski definition) is 1. The predicted molar refractivity (Wildman–Crippen MR) is 82.7 cm³/mol. The first kappa shape index (κ1) is 15.0. The van der Waals surface area contributed by atoms with E-state index in [4.69, 9.17) is 11.6 Å². The fourth-order valence-corrected chi connectivity index (χ4v) is 2.57. The highest BCUT2D eigenvalue weighted by Gasteiger charge is 2.13. The van der Waals surface area contributed by atoms with Gasteiger partial charge in [-0.3, -0.25) is 0 Å². The van der Waals surface area contributed by atoms with E-state index in [2.05, 4.69) is 24.4 Å². The molecule has 0 spiro atoms. The van der Waals surface area contributed by atoms with Crippen molar-refractivity contribution in [3.63, 3.8) is 0 Å². The third-order valence-electron chi connectivity index (χ3n) is 3.32. The molecular weight excluding hydrogens is 273 g/mol. The van der Waals surface area contributed by atoms with Crippen LogP contribution >= 0.6 is 11.6 Å². The van der Waals surface area contributed by atoms with Gasteiger partial charge in [0.1, 0.15) is 5.82 Å². The van der Waals surface area contributed by atoms with Crippen LogP contribution in [0.4, 0.5) is 4.39 Å². The minimum atomic E-state index is -0.301. The van der Waals surface area contributed by atoms with Gasteiger partial charge >= 0.3 is 0 Å². The van der Waals surface area contributed by atoms with Gasteiger partial charge in [0.2, 0.25) is 0 Å². The smallest absolute Gasteiger partial charge is 0.145 e.